The van der Waals surface area contributed by atoms with Gasteiger partial charge >= 0.3 is 5.97 Å². The number of nitrogens with zero attached hydrogens (tertiary/aromatic N) is 1. The fourth-order valence-corrected chi connectivity index (χ4v) is 5.45. The molecule has 3 N–H and O–H groups in total. The van der Waals surface area contributed by atoms with Gasteiger partial charge in [-0.25, -0.2) is 4.79 Å². The lowest BCUT2D eigenvalue weighted by molar-refractivity contribution is -0.147. The van der Waals surface area contributed by atoms with E-state index in [2.05, 4.69) is 0 Å². The van der Waals surface area contributed by atoms with Gasteiger partial charge in [-0.15, -0.1) is 0 Å². The zero-order valence-electron chi connectivity index (χ0n) is 14.7. The van der Waals surface area contributed by atoms with Crippen molar-refractivity contribution in [2.24, 2.45) is 0 Å². The molecule has 1 aromatic rings. The van der Waals surface area contributed by atoms with Crippen LogP contribution in [0, 0.1) is 0 Å². The standard InChI is InChI=1S/C18H24N2O4S2/c1-24-18(23)17(14-4-2-3-5-15(14)19)20-8-6-16(26-25-11-10-22)13(12-20)7-9-21/h2-5,7,9,16-17,22H,6,8,10-12,19H2,1H3/b13-7-. The first-order valence-corrected chi connectivity index (χ1v) is 10.7. The van der Waals surface area contributed by atoms with E-state index in [4.69, 9.17) is 15.6 Å². The van der Waals surface area contributed by atoms with E-state index in [1.807, 2.05) is 23.1 Å². The fraction of sp³-hybridized carbons (Fsp3) is 0.444. The number of benzene rings is 1. The van der Waals surface area contributed by atoms with E-state index in [1.54, 1.807) is 33.7 Å². The highest BCUT2D eigenvalue weighted by atomic mass is 33.1. The molecule has 2 unspecified atom stereocenters. The van der Waals surface area contributed by atoms with Gasteiger partial charge in [-0.3, -0.25) is 9.69 Å². The highest BCUT2D eigenvalue weighted by molar-refractivity contribution is 8.77. The number of allylic oxidation sites excluding steroid dienone is 1. The van der Waals surface area contributed by atoms with Crippen molar-refractivity contribution in [2.45, 2.75) is 17.7 Å². The molecule has 8 heteroatoms. The number of carbonyl (C=O) groups excluding carboxylic acids is 2. The predicted octanol–water partition coefficient (Wildman–Crippen LogP) is 2.06. The summed E-state index contributed by atoms with van der Waals surface area (Å²) >= 11 is 0. The van der Waals surface area contributed by atoms with Crippen LogP contribution in [0.4, 0.5) is 5.69 Å². The second-order valence-corrected chi connectivity index (χ2v) is 8.51. The number of hydrogen-bond donors (Lipinski definition) is 2. The molecule has 0 aromatic heterocycles. The van der Waals surface area contributed by atoms with Crippen molar-refractivity contribution in [1.29, 1.82) is 0 Å². The molecule has 1 heterocycles. The average Bonchev–Trinajstić information content (AvgIpc) is 2.65. The van der Waals surface area contributed by atoms with Crippen molar-refractivity contribution < 1.29 is 19.4 Å². The third-order valence-electron chi connectivity index (χ3n) is 4.20. The van der Waals surface area contributed by atoms with E-state index in [0.717, 1.165) is 18.3 Å². The Morgan fingerprint density at radius 1 is 1.50 bits per heavy atom. The molecule has 0 saturated carbocycles. The van der Waals surface area contributed by atoms with Crippen LogP contribution in [0.5, 0.6) is 0 Å². The van der Waals surface area contributed by atoms with Gasteiger partial charge < -0.3 is 15.6 Å². The maximum absolute atomic E-state index is 12.5. The van der Waals surface area contributed by atoms with Crippen LogP contribution < -0.4 is 5.73 Å². The van der Waals surface area contributed by atoms with Crippen LogP contribution in [0.15, 0.2) is 35.9 Å². The normalized spacial score (nSPS) is 20.7. The van der Waals surface area contributed by atoms with E-state index in [0.29, 0.717) is 30.1 Å². The van der Waals surface area contributed by atoms with Gasteiger partial charge in [0.25, 0.3) is 0 Å². The van der Waals surface area contributed by atoms with Crippen LogP contribution in [-0.2, 0) is 14.3 Å². The molecule has 0 spiro atoms. The Kier molecular flexibility index (Phi) is 8.50. The number of likely N-dealkylation sites (tertiary alicyclic amines) is 1. The smallest absolute Gasteiger partial charge is 0.327 e. The Labute approximate surface area is 161 Å². The predicted molar refractivity (Wildman–Crippen MR) is 107 cm³/mol. The Bertz CT molecular complexity index is 654. The van der Waals surface area contributed by atoms with Crippen molar-refractivity contribution in [1.82, 2.24) is 4.90 Å². The summed E-state index contributed by atoms with van der Waals surface area (Å²) in [5, 5.41) is 9.12. The van der Waals surface area contributed by atoms with E-state index < -0.39 is 6.04 Å². The maximum Gasteiger partial charge on any atom is 0.327 e. The molecule has 1 aliphatic rings. The summed E-state index contributed by atoms with van der Waals surface area (Å²) < 4.78 is 5.01. The zero-order chi connectivity index (χ0) is 18.9. The number of anilines is 1. The number of aliphatic hydroxyl groups excluding tert-OH is 1. The van der Waals surface area contributed by atoms with Gasteiger partial charge in [0, 0.05) is 35.3 Å². The minimum atomic E-state index is -0.604. The zero-order valence-corrected chi connectivity index (χ0v) is 16.3. The molecule has 0 bridgehead atoms. The van der Waals surface area contributed by atoms with Crippen LogP contribution >= 0.6 is 21.6 Å². The lowest BCUT2D eigenvalue weighted by Gasteiger charge is -2.37. The molecule has 1 fully saturated rings. The van der Waals surface area contributed by atoms with Crippen LogP contribution in [0.2, 0.25) is 0 Å². The molecular formula is C18H24N2O4S2. The van der Waals surface area contributed by atoms with Gasteiger partial charge in [0.1, 0.15) is 12.3 Å². The molecule has 1 saturated heterocycles. The molecule has 142 valence electrons. The van der Waals surface area contributed by atoms with E-state index >= 15 is 0 Å². The SMILES string of the molecule is COC(=O)C(c1ccccc1N)N1CCC(SSCCO)/C(=C\C=O)C1. The number of nitrogen functional groups attached to an aromatic ring is 1. The monoisotopic (exact) mass is 396 g/mol. The molecule has 1 aliphatic heterocycles. The van der Waals surface area contributed by atoms with Crippen LogP contribution in [0.1, 0.15) is 18.0 Å². The second-order valence-electron chi connectivity index (χ2n) is 5.82. The maximum atomic E-state index is 12.5. The highest BCUT2D eigenvalue weighted by Gasteiger charge is 2.35. The summed E-state index contributed by atoms with van der Waals surface area (Å²) in [5.41, 5.74) is 8.30. The summed E-state index contributed by atoms with van der Waals surface area (Å²) in [6.45, 7) is 1.30. The third kappa shape index (κ3) is 5.26. The first kappa shape index (κ1) is 20.8. The van der Waals surface area contributed by atoms with E-state index in [-0.39, 0.29) is 17.8 Å². The van der Waals surface area contributed by atoms with Crippen LogP contribution in [-0.4, -0.2) is 60.1 Å². The molecule has 0 radical (unpaired) electrons. The average molecular weight is 397 g/mol. The van der Waals surface area contributed by atoms with Crippen molar-refractivity contribution >= 4 is 39.5 Å². The van der Waals surface area contributed by atoms with Gasteiger partial charge in [0.15, 0.2) is 0 Å². The number of rotatable bonds is 8. The molecular weight excluding hydrogens is 372 g/mol. The van der Waals surface area contributed by atoms with E-state index in [9.17, 15) is 9.59 Å². The quantitative estimate of drug-likeness (QED) is 0.172. The van der Waals surface area contributed by atoms with Crippen molar-refractivity contribution in [3.63, 3.8) is 0 Å². The van der Waals surface area contributed by atoms with Crippen molar-refractivity contribution in [3.05, 3.63) is 41.5 Å². The van der Waals surface area contributed by atoms with Crippen molar-refractivity contribution in [3.8, 4) is 0 Å². The summed E-state index contributed by atoms with van der Waals surface area (Å²) in [7, 11) is 4.61. The minimum Gasteiger partial charge on any atom is -0.468 e. The number of aldehydes is 1. The number of carbonyl (C=O) groups is 2. The first-order chi connectivity index (χ1) is 12.6. The Morgan fingerprint density at radius 3 is 2.92 bits per heavy atom. The van der Waals surface area contributed by atoms with Gasteiger partial charge in [0.2, 0.25) is 0 Å². The number of ether oxygens (including phenoxy) is 1. The fourth-order valence-electron chi connectivity index (χ4n) is 2.97. The lowest BCUT2D eigenvalue weighted by Crippen LogP contribution is -2.42. The van der Waals surface area contributed by atoms with Gasteiger partial charge in [-0.05, 0) is 24.1 Å². The lowest BCUT2D eigenvalue weighted by atomic mass is 9.97. The Balaban J connectivity index is 2.22. The topological polar surface area (TPSA) is 92.9 Å². The summed E-state index contributed by atoms with van der Waals surface area (Å²) in [5.74, 6) is 0.277. The Morgan fingerprint density at radius 2 is 2.27 bits per heavy atom. The van der Waals surface area contributed by atoms with E-state index in [1.165, 1.54) is 7.11 Å². The van der Waals surface area contributed by atoms with Crippen LogP contribution in [0.25, 0.3) is 0 Å². The van der Waals surface area contributed by atoms with Crippen molar-refractivity contribution in [2.75, 3.05) is 38.3 Å². The minimum absolute atomic E-state index is 0.126. The number of aliphatic hydroxyl groups is 1. The third-order valence-corrected chi connectivity index (χ3v) is 7.06. The summed E-state index contributed by atoms with van der Waals surface area (Å²) in [6, 6.07) is 6.66. The summed E-state index contributed by atoms with van der Waals surface area (Å²) in [4.78, 5) is 25.6. The molecule has 0 aliphatic carbocycles. The first-order valence-electron chi connectivity index (χ1n) is 8.32. The largest absolute Gasteiger partial charge is 0.468 e. The van der Waals surface area contributed by atoms with Crippen LogP contribution in [0.3, 0.4) is 0 Å². The molecule has 2 atom stereocenters. The second kappa shape index (κ2) is 10.6. The molecule has 1 aromatic carbocycles. The number of piperidine rings is 1. The number of esters is 1. The number of methoxy groups -OCH3 is 1. The number of hydrogen-bond acceptors (Lipinski definition) is 8. The Hall–Kier alpha value is -1.48. The molecule has 2 rings (SSSR count). The van der Waals surface area contributed by atoms with Gasteiger partial charge in [0.05, 0.1) is 13.7 Å². The number of nitrogens with two attached hydrogens (primary N) is 1. The molecule has 0 amide bonds. The van der Waals surface area contributed by atoms with Gasteiger partial charge in [-0.2, -0.15) is 0 Å². The molecule has 26 heavy (non-hydrogen) atoms. The highest BCUT2D eigenvalue weighted by Crippen LogP contribution is 2.38. The summed E-state index contributed by atoms with van der Waals surface area (Å²) in [6.07, 6.45) is 3.15. The van der Waals surface area contributed by atoms with Gasteiger partial charge in [-0.1, -0.05) is 39.8 Å². The molecule has 6 nitrogen and oxygen atoms in total. The number of para-hydroxylation sites is 1.